The maximum Gasteiger partial charge on any atom is 0.410 e. The van der Waals surface area contributed by atoms with Gasteiger partial charge in [0.15, 0.2) is 11.5 Å². The molecule has 5 nitrogen and oxygen atoms in total. The van der Waals surface area contributed by atoms with E-state index in [9.17, 15) is 4.79 Å². The van der Waals surface area contributed by atoms with E-state index in [-0.39, 0.29) is 5.75 Å². The van der Waals surface area contributed by atoms with Crippen LogP contribution in [0.1, 0.15) is 0 Å². The zero-order valence-corrected chi connectivity index (χ0v) is 8.37. The third-order valence-corrected chi connectivity index (χ3v) is 1.82. The van der Waals surface area contributed by atoms with Crippen LogP contribution >= 0.6 is 15.9 Å². The van der Waals surface area contributed by atoms with E-state index in [1.165, 1.54) is 19.4 Å². The molecular formula is C7H7BrN2O3. The lowest BCUT2D eigenvalue weighted by atomic mass is 10.4. The highest BCUT2D eigenvalue weighted by Crippen LogP contribution is 2.26. The van der Waals surface area contributed by atoms with Crippen LogP contribution < -0.4 is 15.2 Å². The number of aromatic nitrogens is 1. The molecule has 0 saturated heterocycles. The highest BCUT2D eigenvalue weighted by atomic mass is 79.9. The van der Waals surface area contributed by atoms with Gasteiger partial charge in [-0.15, -0.1) is 0 Å². The van der Waals surface area contributed by atoms with Crippen molar-refractivity contribution in [1.29, 1.82) is 0 Å². The van der Waals surface area contributed by atoms with Crippen molar-refractivity contribution in [1.82, 2.24) is 4.98 Å². The van der Waals surface area contributed by atoms with Gasteiger partial charge in [-0.2, -0.15) is 0 Å². The molecule has 0 radical (unpaired) electrons. The van der Waals surface area contributed by atoms with Crippen molar-refractivity contribution >= 4 is 22.0 Å². The van der Waals surface area contributed by atoms with Gasteiger partial charge in [0.1, 0.15) is 4.60 Å². The third kappa shape index (κ3) is 2.59. The smallest absolute Gasteiger partial charge is 0.410 e. The first-order valence-corrected chi connectivity index (χ1v) is 4.09. The zero-order valence-electron chi connectivity index (χ0n) is 6.78. The van der Waals surface area contributed by atoms with Gasteiger partial charge in [-0.3, -0.25) is 0 Å². The second-order valence-electron chi connectivity index (χ2n) is 2.09. The monoisotopic (exact) mass is 246 g/mol. The standard InChI is InChI=1S/C7H7BrN2O3/c1-12-5-2-4(13-7(9)11)3-10-6(5)8/h2-3H,1H3,(H2,9,11). The number of halogens is 1. The number of hydrogen-bond donors (Lipinski definition) is 1. The Morgan fingerprint density at radius 2 is 2.38 bits per heavy atom. The minimum Gasteiger partial charge on any atom is -0.494 e. The van der Waals surface area contributed by atoms with Crippen LogP contribution in [0.5, 0.6) is 11.5 Å². The Morgan fingerprint density at radius 1 is 1.69 bits per heavy atom. The topological polar surface area (TPSA) is 74.4 Å². The van der Waals surface area contributed by atoms with Gasteiger partial charge in [0.25, 0.3) is 0 Å². The van der Waals surface area contributed by atoms with Crippen LogP contribution in [0.15, 0.2) is 16.9 Å². The first-order chi connectivity index (χ1) is 6.13. The molecule has 0 aromatic carbocycles. The van der Waals surface area contributed by atoms with E-state index in [2.05, 4.69) is 25.7 Å². The lowest BCUT2D eigenvalue weighted by Gasteiger charge is -2.04. The Kier molecular flexibility index (Phi) is 3.07. The predicted molar refractivity (Wildman–Crippen MR) is 48.7 cm³/mol. The number of primary amides is 1. The number of carbonyl (C=O) groups excluding carboxylic acids is 1. The fourth-order valence-corrected chi connectivity index (χ4v) is 1.10. The van der Waals surface area contributed by atoms with Crippen molar-refractivity contribution in [2.45, 2.75) is 0 Å². The summed E-state index contributed by atoms with van der Waals surface area (Å²) in [5.74, 6) is 0.714. The summed E-state index contributed by atoms with van der Waals surface area (Å²) in [6, 6.07) is 1.50. The lowest BCUT2D eigenvalue weighted by molar-refractivity contribution is 0.210. The van der Waals surface area contributed by atoms with Crippen LogP contribution in [0.3, 0.4) is 0 Å². The molecule has 1 heterocycles. The zero-order chi connectivity index (χ0) is 9.84. The van der Waals surface area contributed by atoms with Crippen molar-refractivity contribution in [2.24, 2.45) is 5.73 Å². The fraction of sp³-hybridized carbons (Fsp3) is 0.143. The van der Waals surface area contributed by atoms with E-state index in [1.807, 2.05) is 0 Å². The van der Waals surface area contributed by atoms with Crippen LogP contribution in [0, 0.1) is 0 Å². The minimum absolute atomic E-state index is 0.243. The Bertz CT molecular complexity index is 330. The molecule has 1 amide bonds. The van der Waals surface area contributed by atoms with Crippen molar-refractivity contribution in [3.63, 3.8) is 0 Å². The van der Waals surface area contributed by atoms with Crippen LogP contribution in [0.4, 0.5) is 4.79 Å². The highest BCUT2D eigenvalue weighted by Gasteiger charge is 2.05. The Labute approximate surface area is 83.0 Å². The van der Waals surface area contributed by atoms with E-state index < -0.39 is 6.09 Å². The molecule has 1 aromatic heterocycles. The molecule has 0 aliphatic heterocycles. The SMILES string of the molecule is COc1cc(OC(N)=O)cnc1Br. The van der Waals surface area contributed by atoms with Gasteiger partial charge in [0.05, 0.1) is 13.3 Å². The lowest BCUT2D eigenvalue weighted by Crippen LogP contribution is -2.16. The maximum atomic E-state index is 10.4. The van der Waals surface area contributed by atoms with Gasteiger partial charge in [0, 0.05) is 6.07 Å². The van der Waals surface area contributed by atoms with Crippen LogP contribution in [0.25, 0.3) is 0 Å². The molecule has 0 fully saturated rings. The van der Waals surface area contributed by atoms with Crippen LogP contribution in [-0.4, -0.2) is 18.2 Å². The first kappa shape index (κ1) is 9.79. The molecule has 13 heavy (non-hydrogen) atoms. The van der Waals surface area contributed by atoms with E-state index in [1.54, 1.807) is 0 Å². The second kappa shape index (κ2) is 4.08. The fourth-order valence-electron chi connectivity index (χ4n) is 0.725. The van der Waals surface area contributed by atoms with Crippen LogP contribution in [0.2, 0.25) is 0 Å². The molecule has 1 aromatic rings. The Morgan fingerprint density at radius 3 is 2.92 bits per heavy atom. The van der Waals surface area contributed by atoms with E-state index in [0.29, 0.717) is 10.4 Å². The molecule has 0 aliphatic carbocycles. The quantitative estimate of drug-likeness (QED) is 0.799. The number of hydrogen-bond acceptors (Lipinski definition) is 4. The molecule has 6 heteroatoms. The molecule has 0 unspecified atom stereocenters. The Hall–Kier alpha value is -1.30. The molecule has 0 bridgehead atoms. The third-order valence-electron chi connectivity index (χ3n) is 1.22. The van der Waals surface area contributed by atoms with Crippen molar-refractivity contribution in [3.8, 4) is 11.5 Å². The van der Waals surface area contributed by atoms with Gasteiger partial charge >= 0.3 is 6.09 Å². The maximum absolute atomic E-state index is 10.4. The number of rotatable bonds is 2. The summed E-state index contributed by atoms with van der Waals surface area (Å²) in [4.78, 5) is 14.2. The summed E-state index contributed by atoms with van der Waals surface area (Å²) in [6.45, 7) is 0. The number of nitrogens with two attached hydrogens (primary N) is 1. The van der Waals surface area contributed by atoms with Gasteiger partial charge in [0.2, 0.25) is 0 Å². The van der Waals surface area contributed by atoms with Gasteiger partial charge in [-0.1, -0.05) is 0 Å². The van der Waals surface area contributed by atoms with Crippen molar-refractivity contribution in [2.75, 3.05) is 7.11 Å². The molecular weight excluding hydrogens is 240 g/mol. The summed E-state index contributed by atoms with van der Waals surface area (Å²) < 4.78 is 10.0. The molecule has 0 saturated carbocycles. The van der Waals surface area contributed by atoms with Crippen molar-refractivity contribution in [3.05, 3.63) is 16.9 Å². The molecule has 2 N–H and O–H groups in total. The highest BCUT2D eigenvalue weighted by molar-refractivity contribution is 9.10. The van der Waals surface area contributed by atoms with E-state index in [0.717, 1.165) is 0 Å². The largest absolute Gasteiger partial charge is 0.494 e. The summed E-state index contributed by atoms with van der Waals surface area (Å²) >= 11 is 3.15. The van der Waals surface area contributed by atoms with Crippen LogP contribution in [-0.2, 0) is 0 Å². The molecule has 1 rings (SSSR count). The Balaban J connectivity index is 2.92. The number of methoxy groups -OCH3 is 1. The second-order valence-corrected chi connectivity index (χ2v) is 2.84. The summed E-state index contributed by atoms with van der Waals surface area (Å²) in [5.41, 5.74) is 4.81. The average molecular weight is 247 g/mol. The van der Waals surface area contributed by atoms with Crippen molar-refractivity contribution < 1.29 is 14.3 Å². The normalized spacial score (nSPS) is 9.38. The first-order valence-electron chi connectivity index (χ1n) is 3.30. The number of carbonyl (C=O) groups is 1. The number of ether oxygens (including phenoxy) is 2. The molecule has 0 aliphatic rings. The summed E-state index contributed by atoms with van der Waals surface area (Å²) in [6.07, 6.45) is 0.475. The minimum atomic E-state index is -0.883. The molecule has 0 spiro atoms. The number of nitrogens with zero attached hydrogens (tertiary/aromatic N) is 1. The van der Waals surface area contributed by atoms with Gasteiger partial charge in [-0.05, 0) is 15.9 Å². The summed E-state index contributed by atoms with van der Waals surface area (Å²) in [5, 5.41) is 0. The van der Waals surface area contributed by atoms with Gasteiger partial charge in [-0.25, -0.2) is 9.78 Å². The number of pyridine rings is 1. The van der Waals surface area contributed by atoms with E-state index >= 15 is 0 Å². The average Bonchev–Trinajstić information content (AvgIpc) is 2.07. The predicted octanol–water partition coefficient (Wildman–Crippen LogP) is 1.31. The van der Waals surface area contributed by atoms with E-state index in [4.69, 9.17) is 10.5 Å². The summed E-state index contributed by atoms with van der Waals surface area (Å²) in [7, 11) is 1.48. The number of amides is 1. The van der Waals surface area contributed by atoms with Gasteiger partial charge < -0.3 is 15.2 Å². The molecule has 70 valence electrons. The molecule has 0 atom stereocenters.